The number of hydrogen-bond acceptors (Lipinski definition) is 2. The van der Waals surface area contributed by atoms with Crippen molar-refractivity contribution in [2.45, 2.75) is 19.6 Å². The standard InChI is InChI=1S/C13H16N2O/c1-2-6-13(7-3-1)12-16-11-5-10-15-9-4-8-14-15/h1-4,6-9H,5,10-12H2. The van der Waals surface area contributed by atoms with E-state index in [-0.39, 0.29) is 0 Å². The van der Waals surface area contributed by atoms with Crippen LogP contribution >= 0.6 is 0 Å². The Balaban J connectivity index is 1.59. The molecule has 16 heavy (non-hydrogen) atoms. The van der Waals surface area contributed by atoms with Crippen molar-refractivity contribution in [1.82, 2.24) is 9.78 Å². The Kier molecular flexibility index (Phi) is 4.14. The summed E-state index contributed by atoms with van der Waals surface area (Å²) >= 11 is 0. The van der Waals surface area contributed by atoms with Gasteiger partial charge in [0.1, 0.15) is 0 Å². The minimum absolute atomic E-state index is 0.694. The molecule has 84 valence electrons. The molecule has 0 aliphatic heterocycles. The van der Waals surface area contributed by atoms with Gasteiger partial charge in [-0.1, -0.05) is 30.3 Å². The minimum Gasteiger partial charge on any atom is -0.377 e. The van der Waals surface area contributed by atoms with Crippen molar-refractivity contribution >= 4 is 0 Å². The van der Waals surface area contributed by atoms with Crippen molar-refractivity contribution in [3.8, 4) is 0 Å². The quantitative estimate of drug-likeness (QED) is 0.694. The number of aromatic nitrogens is 2. The maximum atomic E-state index is 5.58. The number of aryl methyl sites for hydroxylation is 1. The summed E-state index contributed by atoms with van der Waals surface area (Å²) in [5.41, 5.74) is 1.22. The van der Waals surface area contributed by atoms with Crippen LogP contribution in [0.15, 0.2) is 48.8 Å². The van der Waals surface area contributed by atoms with Crippen LogP contribution in [0.2, 0.25) is 0 Å². The third-order valence-corrected chi connectivity index (χ3v) is 2.35. The van der Waals surface area contributed by atoms with Crippen molar-refractivity contribution in [1.29, 1.82) is 0 Å². The lowest BCUT2D eigenvalue weighted by atomic mass is 10.2. The van der Waals surface area contributed by atoms with E-state index >= 15 is 0 Å². The van der Waals surface area contributed by atoms with E-state index < -0.39 is 0 Å². The van der Waals surface area contributed by atoms with E-state index in [1.54, 1.807) is 6.20 Å². The third-order valence-electron chi connectivity index (χ3n) is 2.35. The molecule has 0 amide bonds. The van der Waals surface area contributed by atoms with Crippen LogP contribution in [0.3, 0.4) is 0 Å². The van der Waals surface area contributed by atoms with Crippen LogP contribution in [-0.4, -0.2) is 16.4 Å². The van der Waals surface area contributed by atoms with E-state index in [0.717, 1.165) is 19.6 Å². The van der Waals surface area contributed by atoms with Gasteiger partial charge < -0.3 is 4.74 Å². The summed E-state index contributed by atoms with van der Waals surface area (Å²) < 4.78 is 7.50. The van der Waals surface area contributed by atoms with Gasteiger partial charge in [0, 0.05) is 25.5 Å². The molecule has 0 saturated carbocycles. The molecular formula is C13H16N2O. The van der Waals surface area contributed by atoms with E-state index in [1.165, 1.54) is 5.56 Å². The molecule has 3 heteroatoms. The van der Waals surface area contributed by atoms with Gasteiger partial charge in [0.2, 0.25) is 0 Å². The molecule has 3 nitrogen and oxygen atoms in total. The fraction of sp³-hybridized carbons (Fsp3) is 0.308. The van der Waals surface area contributed by atoms with Crippen molar-refractivity contribution in [3.63, 3.8) is 0 Å². The Morgan fingerprint density at radius 2 is 2.00 bits per heavy atom. The van der Waals surface area contributed by atoms with Gasteiger partial charge in [-0.25, -0.2) is 0 Å². The fourth-order valence-corrected chi connectivity index (χ4v) is 1.53. The van der Waals surface area contributed by atoms with Crippen LogP contribution in [0, 0.1) is 0 Å². The van der Waals surface area contributed by atoms with Gasteiger partial charge in [-0.2, -0.15) is 5.10 Å². The monoisotopic (exact) mass is 216 g/mol. The maximum absolute atomic E-state index is 5.58. The van der Waals surface area contributed by atoms with Crippen molar-refractivity contribution in [3.05, 3.63) is 54.4 Å². The van der Waals surface area contributed by atoms with Gasteiger partial charge in [0.25, 0.3) is 0 Å². The first kappa shape index (κ1) is 10.9. The molecule has 0 radical (unpaired) electrons. The number of benzene rings is 1. The Morgan fingerprint density at radius 1 is 1.12 bits per heavy atom. The van der Waals surface area contributed by atoms with E-state index in [9.17, 15) is 0 Å². The summed E-state index contributed by atoms with van der Waals surface area (Å²) in [7, 11) is 0. The first-order valence-electron chi connectivity index (χ1n) is 5.54. The van der Waals surface area contributed by atoms with Gasteiger partial charge >= 0.3 is 0 Å². The topological polar surface area (TPSA) is 27.1 Å². The number of hydrogen-bond donors (Lipinski definition) is 0. The second-order valence-electron chi connectivity index (χ2n) is 3.66. The van der Waals surface area contributed by atoms with Crippen LogP contribution in [0.5, 0.6) is 0 Å². The first-order chi connectivity index (χ1) is 7.95. The van der Waals surface area contributed by atoms with Crippen molar-refractivity contribution < 1.29 is 4.74 Å². The van der Waals surface area contributed by atoms with Crippen molar-refractivity contribution in [2.75, 3.05) is 6.61 Å². The first-order valence-corrected chi connectivity index (χ1v) is 5.54. The summed E-state index contributed by atoms with van der Waals surface area (Å²) in [6, 6.07) is 12.2. The van der Waals surface area contributed by atoms with Gasteiger partial charge in [-0.3, -0.25) is 4.68 Å². The molecule has 0 aliphatic carbocycles. The Labute approximate surface area is 95.7 Å². The zero-order valence-electron chi connectivity index (χ0n) is 9.25. The molecular weight excluding hydrogens is 200 g/mol. The predicted molar refractivity (Wildman–Crippen MR) is 62.9 cm³/mol. The Hall–Kier alpha value is -1.61. The summed E-state index contributed by atoms with van der Waals surface area (Å²) in [6.45, 7) is 2.39. The van der Waals surface area contributed by atoms with Crippen LogP contribution in [0.1, 0.15) is 12.0 Å². The van der Waals surface area contributed by atoms with E-state index in [4.69, 9.17) is 4.74 Å². The third kappa shape index (κ3) is 3.51. The number of ether oxygens (including phenoxy) is 1. The number of nitrogens with zero attached hydrogens (tertiary/aromatic N) is 2. The minimum atomic E-state index is 0.694. The summed E-state index contributed by atoms with van der Waals surface area (Å²) in [5, 5.41) is 4.13. The highest BCUT2D eigenvalue weighted by atomic mass is 16.5. The van der Waals surface area contributed by atoms with Crippen LogP contribution in [0.25, 0.3) is 0 Å². The van der Waals surface area contributed by atoms with E-state index in [0.29, 0.717) is 6.61 Å². The SMILES string of the molecule is c1ccc(COCCCn2cccn2)cc1. The van der Waals surface area contributed by atoms with Crippen molar-refractivity contribution in [2.24, 2.45) is 0 Å². The second kappa shape index (κ2) is 6.08. The lowest BCUT2D eigenvalue weighted by Crippen LogP contribution is -2.03. The Morgan fingerprint density at radius 3 is 2.75 bits per heavy atom. The van der Waals surface area contributed by atoms with Gasteiger partial charge in [-0.15, -0.1) is 0 Å². The summed E-state index contributed by atoms with van der Waals surface area (Å²) in [6.07, 6.45) is 4.76. The average molecular weight is 216 g/mol. The normalized spacial score (nSPS) is 10.5. The van der Waals surface area contributed by atoms with Gasteiger partial charge in [0.15, 0.2) is 0 Å². The fourth-order valence-electron chi connectivity index (χ4n) is 1.53. The molecule has 1 aromatic heterocycles. The van der Waals surface area contributed by atoms with E-state index in [1.807, 2.05) is 35.1 Å². The van der Waals surface area contributed by atoms with E-state index in [2.05, 4.69) is 17.2 Å². The zero-order chi connectivity index (χ0) is 11.1. The predicted octanol–water partition coefficient (Wildman–Crippen LogP) is 2.49. The number of rotatable bonds is 6. The lowest BCUT2D eigenvalue weighted by Gasteiger charge is -2.04. The summed E-state index contributed by atoms with van der Waals surface area (Å²) in [5.74, 6) is 0. The van der Waals surface area contributed by atoms with Crippen LogP contribution < -0.4 is 0 Å². The molecule has 0 N–H and O–H groups in total. The molecule has 0 atom stereocenters. The molecule has 0 saturated heterocycles. The smallest absolute Gasteiger partial charge is 0.0716 e. The lowest BCUT2D eigenvalue weighted by molar-refractivity contribution is 0.115. The molecule has 1 heterocycles. The molecule has 0 aliphatic rings. The van der Waals surface area contributed by atoms with Crippen LogP contribution in [-0.2, 0) is 17.9 Å². The molecule has 0 spiro atoms. The molecule has 1 aromatic carbocycles. The highest BCUT2D eigenvalue weighted by Gasteiger charge is 1.93. The molecule has 2 rings (SSSR count). The average Bonchev–Trinajstić information content (AvgIpc) is 2.83. The molecule has 0 fully saturated rings. The second-order valence-corrected chi connectivity index (χ2v) is 3.66. The summed E-state index contributed by atoms with van der Waals surface area (Å²) in [4.78, 5) is 0. The molecule has 2 aromatic rings. The molecule has 0 unspecified atom stereocenters. The van der Waals surface area contributed by atoms with Crippen LogP contribution in [0.4, 0.5) is 0 Å². The molecule has 0 bridgehead atoms. The zero-order valence-corrected chi connectivity index (χ0v) is 9.25. The highest BCUT2D eigenvalue weighted by molar-refractivity contribution is 5.13. The van der Waals surface area contributed by atoms with Gasteiger partial charge in [0.05, 0.1) is 6.61 Å². The maximum Gasteiger partial charge on any atom is 0.0716 e. The largest absolute Gasteiger partial charge is 0.377 e. The van der Waals surface area contributed by atoms with Gasteiger partial charge in [-0.05, 0) is 18.1 Å². The Bertz CT molecular complexity index is 384. The highest BCUT2D eigenvalue weighted by Crippen LogP contribution is 2.01.